The zero-order valence-corrected chi connectivity index (χ0v) is 19.2. The second-order valence-electron chi connectivity index (χ2n) is 8.53. The first-order valence-electron chi connectivity index (χ1n) is 11.4. The van der Waals surface area contributed by atoms with Crippen LogP contribution in [0.2, 0.25) is 0 Å². The van der Waals surface area contributed by atoms with Crippen LogP contribution in [0.1, 0.15) is 39.2 Å². The van der Waals surface area contributed by atoms with Crippen molar-refractivity contribution in [2.24, 2.45) is 0 Å². The number of hydrogen-bond acceptors (Lipinski definition) is 5. The lowest BCUT2D eigenvalue weighted by atomic mass is 10.0. The number of para-hydroxylation sites is 2. The molecule has 2 N–H and O–H groups in total. The van der Waals surface area contributed by atoms with Crippen molar-refractivity contribution in [2.45, 2.75) is 19.8 Å². The zero-order valence-electron chi connectivity index (χ0n) is 19.2. The van der Waals surface area contributed by atoms with Crippen LogP contribution in [-0.4, -0.2) is 28.6 Å². The number of carbonyl (C=O) groups is 2. The average molecular weight is 465 g/mol. The number of aryl methyl sites for hydroxylation is 1. The minimum Gasteiger partial charge on any atom is -0.508 e. The molecular weight excluding hydrogens is 440 g/mol. The second kappa shape index (κ2) is 9.43. The SMILES string of the molecule is Cc1ccccc1NC(=O)COC(=O)c1c2c(nc3ccccc13)C(=Cc1ccc(O)cc1)CC2. The minimum absolute atomic E-state index is 0.208. The first kappa shape index (κ1) is 22.3. The molecule has 0 spiro atoms. The molecular formula is C29H24N2O4. The largest absolute Gasteiger partial charge is 0.508 e. The van der Waals surface area contributed by atoms with Gasteiger partial charge in [-0.3, -0.25) is 4.79 Å². The Morgan fingerprint density at radius 2 is 1.74 bits per heavy atom. The van der Waals surface area contributed by atoms with Gasteiger partial charge in [-0.25, -0.2) is 9.78 Å². The van der Waals surface area contributed by atoms with Crippen LogP contribution >= 0.6 is 0 Å². The summed E-state index contributed by atoms with van der Waals surface area (Å²) in [5.41, 5.74) is 6.34. The Morgan fingerprint density at radius 1 is 1.00 bits per heavy atom. The van der Waals surface area contributed by atoms with Gasteiger partial charge in [-0.2, -0.15) is 0 Å². The number of rotatable bonds is 5. The Hall–Kier alpha value is -4.45. The number of ether oxygens (including phenoxy) is 1. The third-order valence-electron chi connectivity index (χ3n) is 6.13. The molecule has 1 aromatic heterocycles. The summed E-state index contributed by atoms with van der Waals surface area (Å²) < 4.78 is 5.48. The van der Waals surface area contributed by atoms with E-state index in [2.05, 4.69) is 5.32 Å². The predicted molar refractivity (Wildman–Crippen MR) is 136 cm³/mol. The topological polar surface area (TPSA) is 88.5 Å². The maximum atomic E-state index is 13.3. The van der Waals surface area contributed by atoms with Crippen LogP contribution in [0.25, 0.3) is 22.6 Å². The number of hydrogen-bond donors (Lipinski definition) is 2. The van der Waals surface area contributed by atoms with Crippen molar-refractivity contribution in [2.75, 3.05) is 11.9 Å². The number of amides is 1. The van der Waals surface area contributed by atoms with Gasteiger partial charge in [-0.05, 0) is 72.4 Å². The van der Waals surface area contributed by atoms with E-state index in [-0.39, 0.29) is 12.4 Å². The predicted octanol–water partition coefficient (Wildman–Crippen LogP) is 5.53. The molecule has 0 aliphatic heterocycles. The molecule has 0 radical (unpaired) electrons. The molecule has 6 nitrogen and oxygen atoms in total. The van der Waals surface area contributed by atoms with Crippen molar-refractivity contribution in [3.63, 3.8) is 0 Å². The van der Waals surface area contributed by atoms with E-state index < -0.39 is 11.9 Å². The first-order chi connectivity index (χ1) is 17.0. The zero-order chi connectivity index (χ0) is 24.4. The lowest BCUT2D eigenvalue weighted by molar-refractivity contribution is -0.119. The van der Waals surface area contributed by atoms with Crippen molar-refractivity contribution >= 4 is 40.1 Å². The maximum absolute atomic E-state index is 13.3. The van der Waals surface area contributed by atoms with E-state index in [1.54, 1.807) is 18.2 Å². The summed E-state index contributed by atoms with van der Waals surface area (Å²) in [6.07, 6.45) is 3.41. The van der Waals surface area contributed by atoms with Crippen LogP contribution < -0.4 is 5.32 Å². The first-order valence-corrected chi connectivity index (χ1v) is 11.4. The van der Waals surface area contributed by atoms with Gasteiger partial charge in [0.1, 0.15) is 5.75 Å². The van der Waals surface area contributed by atoms with Gasteiger partial charge >= 0.3 is 5.97 Å². The number of allylic oxidation sites excluding steroid dienone is 1. The van der Waals surface area contributed by atoms with E-state index in [1.165, 1.54) is 0 Å². The summed E-state index contributed by atoms with van der Waals surface area (Å²) in [7, 11) is 0. The number of benzene rings is 3. The number of esters is 1. The highest BCUT2D eigenvalue weighted by Gasteiger charge is 2.28. The molecule has 3 aromatic carbocycles. The van der Waals surface area contributed by atoms with Gasteiger partial charge < -0.3 is 15.2 Å². The molecule has 174 valence electrons. The molecule has 1 amide bonds. The van der Waals surface area contributed by atoms with E-state index in [0.717, 1.165) is 34.4 Å². The highest BCUT2D eigenvalue weighted by atomic mass is 16.5. The third-order valence-corrected chi connectivity index (χ3v) is 6.13. The van der Waals surface area contributed by atoms with Gasteiger partial charge in [0.05, 0.1) is 16.8 Å². The normalized spacial score (nSPS) is 13.6. The van der Waals surface area contributed by atoms with Crippen LogP contribution in [0.4, 0.5) is 5.69 Å². The maximum Gasteiger partial charge on any atom is 0.339 e. The van der Waals surface area contributed by atoms with E-state index in [9.17, 15) is 14.7 Å². The summed E-state index contributed by atoms with van der Waals surface area (Å²) in [5, 5.41) is 13.1. The number of phenols is 1. The highest BCUT2D eigenvalue weighted by Crippen LogP contribution is 2.38. The molecule has 0 bridgehead atoms. The smallest absolute Gasteiger partial charge is 0.339 e. The average Bonchev–Trinajstić information content (AvgIpc) is 3.25. The Morgan fingerprint density at radius 3 is 2.54 bits per heavy atom. The number of nitrogens with zero attached hydrogens (tertiary/aromatic N) is 1. The van der Waals surface area contributed by atoms with Crippen LogP contribution in [-0.2, 0) is 16.0 Å². The molecule has 1 aliphatic rings. The van der Waals surface area contributed by atoms with Crippen LogP contribution in [0.5, 0.6) is 5.75 Å². The third kappa shape index (κ3) is 4.64. The monoisotopic (exact) mass is 464 g/mol. The molecule has 0 saturated carbocycles. The summed E-state index contributed by atoms with van der Waals surface area (Å²) in [5.74, 6) is -0.721. The number of nitrogens with one attached hydrogen (secondary N) is 1. The molecule has 0 saturated heterocycles. The van der Waals surface area contributed by atoms with Crippen molar-refractivity contribution < 1.29 is 19.4 Å². The fourth-order valence-electron chi connectivity index (χ4n) is 4.39. The van der Waals surface area contributed by atoms with Crippen LogP contribution in [0.15, 0.2) is 72.8 Å². The Bertz CT molecular complexity index is 1470. The quantitative estimate of drug-likeness (QED) is 0.379. The fraction of sp³-hybridized carbons (Fsp3) is 0.138. The number of fused-ring (bicyclic) bond motifs is 2. The summed E-state index contributed by atoms with van der Waals surface area (Å²) in [6, 6.07) is 21.9. The molecule has 1 heterocycles. The van der Waals surface area contributed by atoms with Gasteiger partial charge in [0, 0.05) is 11.1 Å². The van der Waals surface area contributed by atoms with Crippen molar-refractivity contribution in [3.8, 4) is 5.75 Å². The Labute approximate surface area is 202 Å². The highest BCUT2D eigenvalue weighted by molar-refractivity contribution is 6.08. The minimum atomic E-state index is -0.536. The molecule has 1 aliphatic carbocycles. The number of anilines is 1. The van der Waals surface area contributed by atoms with E-state index >= 15 is 0 Å². The van der Waals surface area contributed by atoms with E-state index in [0.29, 0.717) is 28.6 Å². The Kier molecular flexibility index (Phi) is 6.02. The lowest BCUT2D eigenvalue weighted by Crippen LogP contribution is -2.22. The molecule has 35 heavy (non-hydrogen) atoms. The van der Waals surface area contributed by atoms with Crippen molar-refractivity contribution in [1.82, 2.24) is 4.98 Å². The van der Waals surface area contributed by atoms with Crippen molar-refractivity contribution in [1.29, 1.82) is 0 Å². The van der Waals surface area contributed by atoms with Gasteiger partial charge in [0.25, 0.3) is 5.91 Å². The Balaban J connectivity index is 1.44. The van der Waals surface area contributed by atoms with Gasteiger partial charge in [-0.1, -0.05) is 48.5 Å². The molecule has 4 aromatic rings. The van der Waals surface area contributed by atoms with Crippen LogP contribution in [0.3, 0.4) is 0 Å². The molecule has 5 rings (SSSR count). The summed E-state index contributed by atoms with van der Waals surface area (Å²) in [6.45, 7) is 1.52. The summed E-state index contributed by atoms with van der Waals surface area (Å²) >= 11 is 0. The number of pyridine rings is 1. The van der Waals surface area contributed by atoms with Gasteiger partial charge in [-0.15, -0.1) is 0 Å². The summed E-state index contributed by atoms with van der Waals surface area (Å²) in [4.78, 5) is 30.6. The van der Waals surface area contributed by atoms with E-state index in [1.807, 2.05) is 67.6 Å². The molecule has 0 fully saturated rings. The number of carbonyl (C=O) groups excluding carboxylic acids is 2. The van der Waals surface area contributed by atoms with Gasteiger partial charge in [0.2, 0.25) is 0 Å². The van der Waals surface area contributed by atoms with Crippen molar-refractivity contribution in [3.05, 3.63) is 101 Å². The second-order valence-corrected chi connectivity index (χ2v) is 8.53. The molecule has 6 heteroatoms. The van der Waals surface area contributed by atoms with E-state index in [4.69, 9.17) is 9.72 Å². The molecule has 0 unspecified atom stereocenters. The van der Waals surface area contributed by atoms with Crippen LogP contribution in [0, 0.1) is 6.92 Å². The fourth-order valence-corrected chi connectivity index (χ4v) is 4.39. The number of aromatic hydroxyl groups is 1. The molecule has 0 atom stereocenters. The standard InChI is InChI=1S/C29H24N2O4/c1-18-6-2-4-8-24(18)30-26(33)17-35-29(34)27-22-7-3-5-9-25(22)31-28-20(12-15-23(27)28)16-19-10-13-21(32)14-11-19/h2-11,13-14,16,32H,12,15,17H2,1H3,(H,30,33). The lowest BCUT2D eigenvalue weighted by Gasteiger charge is -2.13. The number of phenolic OH excluding ortho intramolecular Hbond substituents is 1. The van der Waals surface area contributed by atoms with Gasteiger partial charge in [0.15, 0.2) is 6.61 Å². The number of aromatic nitrogens is 1.